The van der Waals surface area contributed by atoms with E-state index in [2.05, 4.69) is 5.32 Å². The van der Waals surface area contributed by atoms with Crippen molar-refractivity contribution in [1.29, 1.82) is 0 Å². The molecule has 0 saturated carbocycles. The number of halogens is 1. The van der Waals surface area contributed by atoms with Crippen LogP contribution < -0.4 is 14.8 Å². The van der Waals surface area contributed by atoms with Crippen LogP contribution in [0.15, 0.2) is 42.5 Å². The molecular formula is C19H20ClNO5. The zero-order chi connectivity index (χ0) is 18.9. The lowest BCUT2D eigenvalue weighted by molar-refractivity contribution is -0.147. The lowest BCUT2D eigenvalue weighted by Crippen LogP contribution is -2.21. The lowest BCUT2D eigenvalue weighted by atomic mass is 10.2. The van der Waals surface area contributed by atoms with Gasteiger partial charge in [0.05, 0.1) is 25.2 Å². The number of aryl methyl sites for hydroxylation is 1. The van der Waals surface area contributed by atoms with Gasteiger partial charge in [0.15, 0.2) is 6.61 Å². The van der Waals surface area contributed by atoms with E-state index >= 15 is 0 Å². The highest BCUT2D eigenvalue weighted by molar-refractivity contribution is 6.32. The fraction of sp³-hybridized carbons (Fsp3) is 0.263. The summed E-state index contributed by atoms with van der Waals surface area (Å²) in [5, 5.41) is 2.96. The van der Waals surface area contributed by atoms with Crippen molar-refractivity contribution in [1.82, 2.24) is 0 Å². The van der Waals surface area contributed by atoms with Crippen molar-refractivity contribution in [3.05, 3.63) is 53.1 Å². The molecule has 0 aliphatic heterocycles. The lowest BCUT2D eigenvalue weighted by Gasteiger charge is -2.09. The number of rotatable bonds is 8. The normalized spacial score (nSPS) is 10.1. The summed E-state index contributed by atoms with van der Waals surface area (Å²) >= 11 is 5.98. The molecule has 0 bridgehead atoms. The Morgan fingerprint density at radius 2 is 1.85 bits per heavy atom. The Bertz CT molecular complexity index is 761. The van der Waals surface area contributed by atoms with Crippen LogP contribution >= 0.6 is 11.6 Å². The van der Waals surface area contributed by atoms with Crippen LogP contribution in [0.25, 0.3) is 0 Å². The second-order valence-corrected chi connectivity index (χ2v) is 5.88. The second-order valence-electron chi connectivity index (χ2n) is 5.47. The summed E-state index contributed by atoms with van der Waals surface area (Å²) in [6.45, 7) is 1.77. The fourth-order valence-corrected chi connectivity index (χ4v) is 2.30. The van der Waals surface area contributed by atoms with E-state index in [1.54, 1.807) is 18.2 Å². The maximum Gasteiger partial charge on any atom is 0.309 e. The number of benzene rings is 2. The summed E-state index contributed by atoms with van der Waals surface area (Å²) in [5.74, 6) is 0.209. The Kier molecular flexibility index (Phi) is 7.29. The Balaban J connectivity index is 1.68. The van der Waals surface area contributed by atoms with Crippen molar-refractivity contribution in [2.75, 3.05) is 25.6 Å². The molecule has 7 heteroatoms. The summed E-state index contributed by atoms with van der Waals surface area (Å²) in [5.41, 5.74) is 1.61. The molecule has 1 amide bonds. The van der Waals surface area contributed by atoms with Crippen molar-refractivity contribution >= 4 is 29.2 Å². The van der Waals surface area contributed by atoms with E-state index in [1.165, 1.54) is 7.11 Å². The van der Waals surface area contributed by atoms with Crippen molar-refractivity contribution in [3.63, 3.8) is 0 Å². The molecule has 138 valence electrons. The van der Waals surface area contributed by atoms with Crippen LogP contribution in [0.1, 0.15) is 12.0 Å². The van der Waals surface area contributed by atoms with Crippen molar-refractivity contribution in [3.8, 4) is 11.5 Å². The molecule has 2 aromatic carbocycles. The number of ether oxygens (including phenoxy) is 3. The number of hydrogen-bond acceptors (Lipinski definition) is 5. The van der Waals surface area contributed by atoms with E-state index in [-0.39, 0.29) is 19.6 Å². The quantitative estimate of drug-likeness (QED) is 0.711. The van der Waals surface area contributed by atoms with Crippen molar-refractivity contribution < 1.29 is 23.8 Å². The number of amides is 1. The van der Waals surface area contributed by atoms with Gasteiger partial charge >= 0.3 is 5.97 Å². The van der Waals surface area contributed by atoms with Gasteiger partial charge < -0.3 is 19.5 Å². The molecule has 0 atom stereocenters. The van der Waals surface area contributed by atoms with Crippen LogP contribution in [0, 0.1) is 6.92 Å². The summed E-state index contributed by atoms with van der Waals surface area (Å²) in [6, 6.07) is 12.3. The summed E-state index contributed by atoms with van der Waals surface area (Å²) in [4.78, 5) is 23.5. The minimum absolute atomic E-state index is 0.0511. The molecule has 2 rings (SSSR count). The molecule has 0 saturated heterocycles. The van der Waals surface area contributed by atoms with Crippen LogP contribution in [0.2, 0.25) is 5.02 Å². The highest BCUT2D eigenvalue weighted by Gasteiger charge is 2.09. The molecule has 0 aromatic heterocycles. The zero-order valence-corrected chi connectivity index (χ0v) is 15.3. The largest absolute Gasteiger partial charge is 0.495 e. The van der Waals surface area contributed by atoms with Gasteiger partial charge in [0.25, 0.3) is 5.91 Å². The van der Waals surface area contributed by atoms with Gasteiger partial charge in [0, 0.05) is 5.69 Å². The molecule has 1 N–H and O–H groups in total. The Hall–Kier alpha value is -2.73. The third-order valence-corrected chi connectivity index (χ3v) is 3.69. The topological polar surface area (TPSA) is 73.9 Å². The molecule has 0 aliphatic rings. The van der Waals surface area contributed by atoms with Gasteiger partial charge in [-0.15, -0.1) is 0 Å². The molecule has 6 nitrogen and oxygen atoms in total. The summed E-state index contributed by atoms with van der Waals surface area (Å²) in [7, 11) is 1.50. The highest BCUT2D eigenvalue weighted by Crippen LogP contribution is 2.27. The van der Waals surface area contributed by atoms with E-state index in [4.69, 9.17) is 25.8 Å². The van der Waals surface area contributed by atoms with Gasteiger partial charge in [-0.25, -0.2) is 0 Å². The van der Waals surface area contributed by atoms with Gasteiger partial charge in [-0.3, -0.25) is 9.59 Å². The molecule has 0 spiro atoms. The minimum Gasteiger partial charge on any atom is -0.495 e. The number of methoxy groups -OCH3 is 1. The maximum absolute atomic E-state index is 11.8. The van der Waals surface area contributed by atoms with Gasteiger partial charge in [-0.05, 0) is 37.3 Å². The second kappa shape index (κ2) is 9.68. The van der Waals surface area contributed by atoms with Gasteiger partial charge in [0.2, 0.25) is 0 Å². The first kappa shape index (κ1) is 19.6. The average Bonchev–Trinajstić information content (AvgIpc) is 2.62. The minimum atomic E-state index is -0.514. The zero-order valence-electron chi connectivity index (χ0n) is 14.6. The third kappa shape index (κ3) is 6.29. The molecule has 0 heterocycles. The van der Waals surface area contributed by atoms with Crippen LogP contribution in [-0.2, 0) is 14.3 Å². The summed E-state index contributed by atoms with van der Waals surface area (Å²) in [6.07, 6.45) is 0.0511. The van der Waals surface area contributed by atoms with Gasteiger partial charge in [-0.2, -0.15) is 0 Å². The molecule has 0 radical (unpaired) electrons. The van der Waals surface area contributed by atoms with Crippen LogP contribution in [0.4, 0.5) is 5.69 Å². The number of carbonyl (C=O) groups excluding carboxylic acids is 2. The molecule has 0 fully saturated rings. The number of nitrogens with one attached hydrogen (secondary N) is 1. The van der Waals surface area contributed by atoms with E-state index in [0.29, 0.717) is 22.2 Å². The first-order chi connectivity index (χ1) is 12.5. The smallest absolute Gasteiger partial charge is 0.309 e. The van der Waals surface area contributed by atoms with Gasteiger partial charge in [-0.1, -0.05) is 29.3 Å². The average molecular weight is 378 g/mol. The number of carbonyl (C=O) groups is 2. The predicted octanol–water partition coefficient (Wildman–Crippen LogP) is 3.61. The van der Waals surface area contributed by atoms with Crippen molar-refractivity contribution in [2.45, 2.75) is 13.3 Å². The number of anilines is 1. The molecule has 26 heavy (non-hydrogen) atoms. The SMILES string of the molecule is COc1ccc(NC(=O)COC(=O)CCOc2ccc(C)cc2)cc1Cl. The summed E-state index contributed by atoms with van der Waals surface area (Å²) < 4.78 is 15.4. The molecule has 2 aromatic rings. The highest BCUT2D eigenvalue weighted by atomic mass is 35.5. The molecule has 0 unspecified atom stereocenters. The first-order valence-corrected chi connectivity index (χ1v) is 8.34. The maximum atomic E-state index is 11.8. The third-order valence-electron chi connectivity index (χ3n) is 3.40. The predicted molar refractivity (Wildman–Crippen MR) is 98.9 cm³/mol. The number of hydrogen-bond donors (Lipinski definition) is 1. The van der Waals surface area contributed by atoms with E-state index in [9.17, 15) is 9.59 Å². The Morgan fingerprint density at radius 1 is 1.12 bits per heavy atom. The Morgan fingerprint density at radius 3 is 2.50 bits per heavy atom. The monoisotopic (exact) mass is 377 g/mol. The van der Waals surface area contributed by atoms with Crippen LogP contribution in [-0.4, -0.2) is 32.2 Å². The first-order valence-electron chi connectivity index (χ1n) is 7.96. The Labute approximate surface area is 157 Å². The van der Waals surface area contributed by atoms with E-state index in [1.807, 2.05) is 31.2 Å². The fourth-order valence-electron chi connectivity index (χ4n) is 2.05. The molecular weight excluding hydrogens is 358 g/mol. The van der Waals surface area contributed by atoms with Gasteiger partial charge in [0.1, 0.15) is 11.5 Å². The van der Waals surface area contributed by atoms with Crippen LogP contribution in [0.3, 0.4) is 0 Å². The standard InChI is InChI=1S/C19H20ClNO5/c1-13-3-6-15(7-4-13)25-10-9-19(23)26-12-18(22)21-14-5-8-17(24-2)16(20)11-14/h3-8,11H,9-10,12H2,1-2H3,(H,21,22). The molecule has 0 aliphatic carbocycles. The van der Waals surface area contributed by atoms with E-state index in [0.717, 1.165) is 5.56 Å². The van der Waals surface area contributed by atoms with Crippen molar-refractivity contribution in [2.24, 2.45) is 0 Å². The number of esters is 1. The van der Waals surface area contributed by atoms with Crippen LogP contribution in [0.5, 0.6) is 11.5 Å². The van der Waals surface area contributed by atoms with E-state index < -0.39 is 11.9 Å².